The highest BCUT2D eigenvalue weighted by molar-refractivity contribution is 5.84. The second-order valence-electron chi connectivity index (χ2n) is 8.55. The van der Waals surface area contributed by atoms with Crippen molar-refractivity contribution in [2.24, 2.45) is 10.4 Å². The first-order valence-corrected chi connectivity index (χ1v) is 10.8. The van der Waals surface area contributed by atoms with Gasteiger partial charge in [-0.25, -0.2) is 8.78 Å². The van der Waals surface area contributed by atoms with E-state index in [0.29, 0.717) is 37.8 Å². The predicted octanol–water partition coefficient (Wildman–Crippen LogP) is 2.75. The van der Waals surface area contributed by atoms with Crippen molar-refractivity contribution in [1.82, 2.24) is 15.5 Å². The highest BCUT2D eigenvalue weighted by atomic mass is 19.1. The Bertz CT molecular complexity index is 777. The van der Waals surface area contributed by atoms with E-state index in [2.05, 4.69) is 10.6 Å². The van der Waals surface area contributed by atoms with Crippen LogP contribution in [0, 0.1) is 17.0 Å². The number of benzene rings is 1. The maximum atomic E-state index is 14.1. The number of hydrogen-bond donors (Lipinski definition) is 2. The van der Waals surface area contributed by atoms with Gasteiger partial charge >= 0.3 is 0 Å². The summed E-state index contributed by atoms with van der Waals surface area (Å²) in [5.41, 5.74) is 0.00859. The Labute approximate surface area is 177 Å². The molecule has 2 aliphatic rings. The van der Waals surface area contributed by atoms with Gasteiger partial charge in [-0.1, -0.05) is 12.8 Å². The molecule has 1 saturated carbocycles. The fourth-order valence-corrected chi connectivity index (χ4v) is 4.54. The van der Waals surface area contributed by atoms with E-state index in [1.807, 2.05) is 11.8 Å². The lowest BCUT2D eigenvalue weighted by Gasteiger charge is -2.29. The molecule has 1 saturated heterocycles. The van der Waals surface area contributed by atoms with Crippen molar-refractivity contribution >= 4 is 17.6 Å². The number of amides is 1. The standard InChI is InChI=1S/C22H33F2N5O/c1-4-25-21(26-15-22(10-5-6-11-22)20(30)28(2)3)27-17-9-12-29(14-17)19-8-7-16(23)13-18(19)24/h7-8,13,17H,4-6,9-12,14-15H2,1-3H3,(H2,25,26,27). The van der Waals surface area contributed by atoms with E-state index < -0.39 is 17.0 Å². The van der Waals surface area contributed by atoms with Gasteiger partial charge in [0.05, 0.1) is 17.6 Å². The topological polar surface area (TPSA) is 60.0 Å². The Morgan fingerprint density at radius 1 is 1.30 bits per heavy atom. The molecule has 30 heavy (non-hydrogen) atoms. The van der Waals surface area contributed by atoms with Gasteiger partial charge in [0.15, 0.2) is 5.96 Å². The van der Waals surface area contributed by atoms with E-state index in [1.54, 1.807) is 19.0 Å². The zero-order valence-electron chi connectivity index (χ0n) is 18.2. The maximum Gasteiger partial charge on any atom is 0.230 e. The lowest BCUT2D eigenvalue weighted by Crippen LogP contribution is -2.46. The smallest absolute Gasteiger partial charge is 0.230 e. The van der Waals surface area contributed by atoms with E-state index in [4.69, 9.17) is 4.99 Å². The maximum absolute atomic E-state index is 14.1. The molecule has 3 rings (SSSR count). The van der Waals surface area contributed by atoms with Crippen molar-refractivity contribution in [2.75, 3.05) is 45.2 Å². The molecule has 8 heteroatoms. The molecule has 2 N–H and O–H groups in total. The summed E-state index contributed by atoms with van der Waals surface area (Å²) in [6, 6.07) is 3.79. The Morgan fingerprint density at radius 2 is 2.03 bits per heavy atom. The van der Waals surface area contributed by atoms with Gasteiger partial charge in [0, 0.05) is 45.8 Å². The molecule has 1 aliphatic heterocycles. The van der Waals surface area contributed by atoms with Crippen LogP contribution < -0.4 is 15.5 Å². The Morgan fingerprint density at radius 3 is 2.67 bits per heavy atom. The first-order chi connectivity index (χ1) is 14.3. The number of nitrogens with zero attached hydrogens (tertiary/aromatic N) is 3. The third-order valence-corrected chi connectivity index (χ3v) is 6.08. The predicted molar refractivity (Wildman–Crippen MR) is 116 cm³/mol. The Kier molecular flexibility index (Phi) is 7.15. The minimum absolute atomic E-state index is 0.0938. The van der Waals surface area contributed by atoms with Crippen molar-refractivity contribution in [2.45, 2.75) is 45.1 Å². The van der Waals surface area contributed by atoms with Crippen LogP contribution in [0.25, 0.3) is 0 Å². The molecule has 1 heterocycles. The van der Waals surface area contributed by atoms with Crippen LogP contribution in [-0.2, 0) is 4.79 Å². The quantitative estimate of drug-likeness (QED) is 0.548. The Hall–Kier alpha value is -2.38. The summed E-state index contributed by atoms with van der Waals surface area (Å²) in [5, 5.41) is 6.70. The summed E-state index contributed by atoms with van der Waals surface area (Å²) in [6.45, 7) is 4.46. The molecule has 1 aliphatic carbocycles. The van der Waals surface area contributed by atoms with Gasteiger partial charge in [0.2, 0.25) is 5.91 Å². The zero-order chi connectivity index (χ0) is 21.7. The second-order valence-corrected chi connectivity index (χ2v) is 8.55. The van der Waals surface area contributed by atoms with Crippen molar-refractivity contribution in [3.05, 3.63) is 29.8 Å². The van der Waals surface area contributed by atoms with Crippen molar-refractivity contribution in [3.63, 3.8) is 0 Å². The van der Waals surface area contributed by atoms with Gasteiger partial charge < -0.3 is 20.4 Å². The van der Waals surface area contributed by atoms with Gasteiger partial charge in [-0.3, -0.25) is 9.79 Å². The lowest BCUT2D eigenvalue weighted by atomic mass is 9.85. The highest BCUT2D eigenvalue weighted by Gasteiger charge is 2.42. The molecule has 1 atom stereocenters. The number of guanidine groups is 1. The number of halogens is 2. The molecule has 0 radical (unpaired) electrons. The molecule has 6 nitrogen and oxygen atoms in total. The van der Waals surface area contributed by atoms with E-state index in [-0.39, 0.29) is 11.9 Å². The van der Waals surface area contributed by atoms with Crippen LogP contribution in [0.5, 0.6) is 0 Å². The second kappa shape index (κ2) is 9.62. The van der Waals surface area contributed by atoms with Crippen LogP contribution in [0.3, 0.4) is 0 Å². The number of carbonyl (C=O) groups is 1. The van der Waals surface area contributed by atoms with Gasteiger partial charge in [-0.15, -0.1) is 0 Å². The number of anilines is 1. The van der Waals surface area contributed by atoms with Crippen molar-refractivity contribution < 1.29 is 13.6 Å². The van der Waals surface area contributed by atoms with Gasteiger partial charge in [0.1, 0.15) is 11.6 Å². The minimum Gasteiger partial charge on any atom is -0.367 e. The number of rotatable bonds is 6. The molecular weight excluding hydrogens is 388 g/mol. The van der Waals surface area contributed by atoms with E-state index >= 15 is 0 Å². The van der Waals surface area contributed by atoms with Crippen LogP contribution in [0.4, 0.5) is 14.5 Å². The molecule has 1 aromatic carbocycles. The molecule has 0 spiro atoms. The van der Waals surface area contributed by atoms with Crippen molar-refractivity contribution in [1.29, 1.82) is 0 Å². The average molecular weight is 422 g/mol. The molecule has 0 bridgehead atoms. The van der Waals surface area contributed by atoms with Crippen LogP contribution in [-0.4, -0.2) is 63.1 Å². The largest absolute Gasteiger partial charge is 0.367 e. The average Bonchev–Trinajstić information content (AvgIpc) is 3.36. The molecule has 1 unspecified atom stereocenters. The van der Waals surface area contributed by atoms with E-state index in [9.17, 15) is 13.6 Å². The van der Waals surface area contributed by atoms with Crippen molar-refractivity contribution in [3.8, 4) is 0 Å². The van der Waals surface area contributed by atoms with E-state index in [0.717, 1.165) is 38.2 Å². The molecule has 1 aromatic rings. The first kappa shape index (κ1) is 22.3. The van der Waals surface area contributed by atoms with E-state index in [1.165, 1.54) is 12.1 Å². The van der Waals surface area contributed by atoms with Crippen LogP contribution >= 0.6 is 0 Å². The highest BCUT2D eigenvalue weighted by Crippen LogP contribution is 2.39. The van der Waals surface area contributed by atoms with Crippen LogP contribution in [0.1, 0.15) is 39.0 Å². The summed E-state index contributed by atoms with van der Waals surface area (Å²) in [6.07, 6.45) is 4.67. The molecular formula is C22H33F2N5O. The number of carbonyl (C=O) groups excluding carboxylic acids is 1. The zero-order valence-corrected chi connectivity index (χ0v) is 18.2. The Balaban J connectivity index is 1.66. The molecule has 0 aromatic heterocycles. The molecule has 1 amide bonds. The summed E-state index contributed by atoms with van der Waals surface area (Å²) in [7, 11) is 3.61. The number of nitrogens with one attached hydrogen (secondary N) is 2. The molecule has 2 fully saturated rings. The summed E-state index contributed by atoms with van der Waals surface area (Å²) >= 11 is 0. The number of hydrogen-bond acceptors (Lipinski definition) is 3. The number of aliphatic imine (C=N–C) groups is 1. The van der Waals surface area contributed by atoms with Gasteiger partial charge in [-0.05, 0) is 38.3 Å². The normalized spacial score (nSPS) is 21.0. The fraction of sp³-hybridized carbons (Fsp3) is 0.636. The van der Waals surface area contributed by atoms with Gasteiger partial charge in [-0.2, -0.15) is 0 Å². The van der Waals surface area contributed by atoms with Gasteiger partial charge in [0.25, 0.3) is 0 Å². The third-order valence-electron chi connectivity index (χ3n) is 6.08. The monoisotopic (exact) mass is 421 g/mol. The first-order valence-electron chi connectivity index (χ1n) is 10.8. The molecule has 166 valence electrons. The minimum atomic E-state index is -0.570. The third kappa shape index (κ3) is 5.02. The SMILES string of the molecule is CCNC(=NCC1(C(=O)N(C)C)CCCC1)NC1CCN(c2ccc(F)cc2F)C1. The summed E-state index contributed by atoms with van der Waals surface area (Å²) < 4.78 is 27.3. The summed E-state index contributed by atoms with van der Waals surface area (Å²) in [5.74, 6) is -0.276. The fourth-order valence-electron chi connectivity index (χ4n) is 4.54. The lowest BCUT2D eigenvalue weighted by molar-refractivity contribution is -0.138. The van der Waals surface area contributed by atoms with Crippen LogP contribution in [0.15, 0.2) is 23.2 Å². The summed E-state index contributed by atoms with van der Waals surface area (Å²) in [4.78, 5) is 21.1. The van der Waals surface area contributed by atoms with Crippen LogP contribution in [0.2, 0.25) is 0 Å².